The summed E-state index contributed by atoms with van der Waals surface area (Å²) in [5.74, 6) is -1.40. The van der Waals surface area contributed by atoms with E-state index in [9.17, 15) is 9.59 Å². The van der Waals surface area contributed by atoms with Gasteiger partial charge >= 0.3 is 11.9 Å². The Kier molecular flexibility index (Phi) is 4.74. The zero-order valence-electron chi connectivity index (χ0n) is 11.2. The van der Waals surface area contributed by atoms with Crippen LogP contribution in [0, 0.1) is 11.8 Å². The molecule has 1 fully saturated rings. The van der Waals surface area contributed by atoms with Crippen LogP contribution in [0.2, 0.25) is 0 Å². The minimum absolute atomic E-state index is 0.128. The summed E-state index contributed by atoms with van der Waals surface area (Å²) in [5, 5.41) is 8.92. The van der Waals surface area contributed by atoms with Gasteiger partial charge in [-0.15, -0.1) is 0 Å². The average Bonchev–Trinajstić information content (AvgIpc) is 2.94. The molecule has 1 aromatic rings. The Morgan fingerprint density at radius 2 is 2.00 bits per heavy atom. The molecule has 0 spiro atoms. The van der Waals surface area contributed by atoms with E-state index < -0.39 is 18.0 Å². The lowest BCUT2D eigenvalue weighted by Gasteiger charge is -2.14. The van der Waals surface area contributed by atoms with Gasteiger partial charge in [0.05, 0.1) is 12.5 Å². The van der Waals surface area contributed by atoms with Crippen molar-refractivity contribution in [3.05, 3.63) is 35.9 Å². The van der Waals surface area contributed by atoms with E-state index in [1.807, 2.05) is 18.2 Å². The quantitative estimate of drug-likeness (QED) is 0.800. The molecular formula is C15H19NO4. The Morgan fingerprint density at radius 1 is 1.30 bits per heavy atom. The van der Waals surface area contributed by atoms with Gasteiger partial charge in [-0.1, -0.05) is 30.3 Å². The number of ether oxygens (including phenoxy) is 1. The van der Waals surface area contributed by atoms with E-state index >= 15 is 0 Å². The third kappa shape index (κ3) is 3.57. The highest BCUT2D eigenvalue weighted by Gasteiger charge is 2.30. The average molecular weight is 277 g/mol. The zero-order chi connectivity index (χ0) is 14.5. The van der Waals surface area contributed by atoms with Gasteiger partial charge in [0.25, 0.3) is 0 Å². The summed E-state index contributed by atoms with van der Waals surface area (Å²) >= 11 is 0. The Bertz CT molecular complexity index is 474. The molecule has 2 rings (SSSR count). The van der Waals surface area contributed by atoms with Gasteiger partial charge in [-0.3, -0.25) is 4.79 Å². The fourth-order valence-corrected chi connectivity index (χ4v) is 2.54. The summed E-state index contributed by atoms with van der Waals surface area (Å²) in [6, 6.07) is 8.26. The standard InChI is InChI=1S/C15H19NO4/c16-13(11-4-2-1-3-5-11)15(19)20-9-10-6-7-12(8-10)14(17)18/h1-5,10,12-13H,6-9,16H2,(H,17,18)/t10?,12?,13-/m0/s1. The number of rotatable bonds is 5. The predicted octanol–water partition coefficient (Wildman–Crippen LogP) is 1.73. The maximum atomic E-state index is 11.9. The van der Waals surface area contributed by atoms with Crippen LogP contribution in [0.5, 0.6) is 0 Å². The third-order valence-corrected chi connectivity index (χ3v) is 3.76. The van der Waals surface area contributed by atoms with Gasteiger partial charge in [-0.05, 0) is 30.7 Å². The molecule has 0 heterocycles. The number of esters is 1. The van der Waals surface area contributed by atoms with E-state index in [-0.39, 0.29) is 18.4 Å². The van der Waals surface area contributed by atoms with Crippen LogP contribution < -0.4 is 5.73 Å². The van der Waals surface area contributed by atoms with Gasteiger partial charge in [0.2, 0.25) is 0 Å². The molecule has 0 aromatic heterocycles. The molecule has 0 bridgehead atoms. The Morgan fingerprint density at radius 3 is 2.60 bits per heavy atom. The number of benzene rings is 1. The van der Waals surface area contributed by atoms with Crippen LogP contribution in [0.15, 0.2) is 30.3 Å². The SMILES string of the molecule is N[C@H](C(=O)OCC1CCC(C(=O)O)C1)c1ccccc1. The number of hydrogen-bond acceptors (Lipinski definition) is 4. The molecule has 1 aromatic carbocycles. The molecule has 0 aliphatic heterocycles. The number of hydrogen-bond donors (Lipinski definition) is 2. The summed E-state index contributed by atoms with van der Waals surface area (Å²) < 4.78 is 5.21. The molecule has 5 heteroatoms. The van der Waals surface area contributed by atoms with E-state index in [2.05, 4.69) is 0 Å². The van der Waals surface area contributed by atoms with Crippen LogP contribution in [-0.2, 0) is 14.3 Å². The van der Waals surface area contributed by atoms with Gasteiger partial charge in [0, 0.05) is 0 Å². The van der Waals surface area contributed by atoms with Gasteiger partial charge in [0.15, 0.2) is 0 Å². The van der Waals surface area contributed by atoms with Crippen molar-refractivity contribution in [3.8, 4) is 0 Å². The van der Waals surface area contributed by atoms with Crippen LogP contribution in [0.3, 0.4) is 0 Å². The lowest BCUT2D eigenvalue weighted by atomic mass is 10.1. The van der Waals surface area contributed by atoms with Crippen molar-refractivity contribution in [2.24, 2.45) is 17.6 Å². The Labute approximate surface area is 117 Å². The molecule has 1 aliphatic rings. The molecule has 0 saturated heterocycles. The highest BCUT2D eigenvalue weighted by atomic mass is 16.5. The molecule has 20 heavy (non-hydrogen) atoms. The molecule has 0 amide bonds. The first-order chi connectivity index (χ1) is 9.58. The van der Waals surface area contributed by atoms with E-state index in [4.69, 9.17) is 15.6 Å². The van der Waals surface area contributed by atoms with Crippen LogP contribution >= 0.6 is 0 Å². The van der Waals surface area contributed by atoms with Gasteiger partial charge in [-0.2, -0.15) is 0 Å². The first kappa shape index (κ1) is 14.5. The lowest BCUT2D eigenvalue weighted by Crippen LogP contribution is -2.25. The molecule has 5 nitrogen and oxygen atoms in total. The first-order valence-electron chi connectivity index (χ1n) is 6.78. The second-order valence-electron chi connectivity index (χ2n) is 5.23. The molecule has 1 saturated carbocycles. The molecule has 3 atom stereocenters. The van der Waals surface area contributed by atoms with Crippen LogP contribution in [0.1, 0.15) is 30.9 Å². The number of carbonyl (C=O) groups is 2. The lowest BCUT2D eigenvalue weighted by molar-refractivity contribution is -0.146. The molecule has 1 aliphatic carbocycles. The van der Waals surface area contributed by atoms with Crippen LogP contribution in [0.25, 0.3) is 0 Å². The smallest absolute Gasteiger partial charge is 0.327 e. The highest BCUT2D eigenvalue weighted by molar-refractivity contribution is 5.77. The fraction of sp³-hybridized carbons (Fsp3) is 0.467. The van der Waals surface area contributed by atoms with Crippen molar-refractivity contribution in [1.82, 2.24) is 0 Å². The highest BCUT2D eigenvalue weighted by Crippen LogP contribution is 2.31. The predicted molar refractivity (Wildman–Crippen MR) is 72.8 cm³/mol. The number of nitrogens with two attached hydrogens (primary N) is 1. The van der Waals surface area contributed by atoms with Crippen molar-refractivity contribution in [2.45, 2.75) is 25.3 Å². The van der Waals surface area contributed by atoms with Crippen molar-refractivity contribution < 1.29 is 19.4 Å². The van der Waals surface area contributed by atoms with E-state index in [1.165, 1.54) is 0 Å². The number of carboxylic acids is 1. The zero-order valence-corrected chi connectivity index (χ0v) is 11.2. The third-order valence-electron chi connectivity index (χ3n) is 3.76. The van der Waals surface area contributed by atoms with Crippen molar-refractivity contribution >= 4 is 11.9 Å². The summed E-state index contributed by atoms with van der Waals surface area (Å²) in [7, 11) is 0. The summed E-state index contributed by atoms with van der Waals surface area (Å²) in [6.07, 6.45) is 2.01. The number of aliphatic carboxylic acids is 1. The Hall–Kier alpha value is -1.88. The van der Waals surface area contributed by atoms with Gasteiger partial charge in [0.1, 0.15) is 6.04 Å². The summed E-state index contributed by atoms with van der Waals surface area (Å²) in [5.41, 5.74) is 6.55. The summed E-state index contributed by atoms with van der Waals surface area (Å²) in [6.45, 7) is 0.253. The van der Waals surface area contributed by atoms with Crippen LogP contribution in [0.4, 0.5) is 0 Å². The largest absolute Gasteiger partial charge is 0.481 e. The minimum Gasteiger partial charge on any atom is -0.481 e. The number of carbonyl (C=O) groups excluding carboxylic acids is 1. The van der Waals surface area contributed by atoms with Crippen molar-refractivity contribution in [1.29, 1.82) is 0 Å². The Balaban J connectivity index is 1.80. The second kappa shape index (κ2) is 6.52. The monoisotopic (exact) mass is 277 g/mol. The van der Waals surface area contributed by atoms with Gasteiger partial charge in [-0.25, -0.2) is 4.79 Å². The van der Waals surface area contributed by atoms with Crippen molar-refractivity contribution in [3.63, 3.8) is 0 Å². The summed E-state index contributed by atoms with van der Waals surface area (Å²) in [4.78, 5) is 22.7. The maximum Gasteiger partial charge on any atom is 0.327 e. The van der Waals surface area contributed by atoms with E-state index in [0.29, 0.717) is 18.4 Å². The normalized spacial score (nSPS) is 23.2. The molecule has 108 valence electrons. The number of carboxylic acid groups (broad SMARTS) is 1. The minimum atomic E-state index is -0.784. The maximum absolute atomic E-state index is 11.9. The molecule has 2 unspecified atom stereocenters. The topological polar surface area (TPSA) is 89.6 Å². The van der Waals surface area contributed by atoms with E-state index in [0.717, 1.165) is 6.42 Å². The fourth-order valence-electron chi connectivity index (χ4n) is 2.54. The van der Waals surface area contributed by atoms with Crippen LogP contribution in [-0.4, -0.2) is 23.7 Å². The first-order valence-corrected chi connectivity index (χ1v) is 6.78. The second-order valence-corrected chi connectivity index (χ2v) is 5.23. The van der Waals surface area contributed by atoms with Gasteiger partial charge < -0.3 is 15.6 Å². The molecule has 3 N–H and O–H groups in total. The van der Waals surface area contributed by atoms with E-state index in [1.54, 1.807) is 12.1 Å². The molecular weight excluding hydrogens is 258 g/mol. The molecule has 0 radical (unpaired) electrons. The van der Waals surface area contributed by atoms with Crippen molar-refractivity contribution in [2.75, 3.05) is 6.61 Å².